The summed E-state index contributed by atoms with van der Waals surface area (Å²) >= 11 is 0. The molecule has 0 radical (unpaired) electrons. The van der Waals surface area contributed by atoms with Gasteiger partial charge in [0.15, 0.2) is 9.84 Å². The van der Waals surface area contributed by atoms with E-state index in [9.17, 15) is 18.3 Å². The van der Waals surface area contributed by atoms with E-state index in [2.05, 4.69) is 9.98 Å². The number of anilines is 1. The standard InChI is InChI=1S/C16H21N5O4S/c1-26(24,25)12-8-10(13(22)23)7-11(9-12)21-15(18)19-14(17)20-16(21)5-3-2-4-6-16/h7-9H,2-6H2,1H3,(H,22,23)(H4,17,18,19,20). The lowest BCUT2D eigenvalue weighted by Gasteiger charge is -2.45. The molecule has 0 amide bonds. The van der Waals surface area contributed by atoms with Gasteiger partial charge in [0.1, 0.15) is 5.66 Å². The van der Waals surface area contributed by atoms with Crippen LogP contribution in [0.15, 0.2) is 33.1 Å². The minimum atomic E-state index is -3.62. The van der Waals surface area contributed by atoms with E-state index >= 15 is 0 Å². The molecule has 1 spiro atoms. The first-order valence-corrected chi connectivity index (χ1v) is 10.1. The number of aliphatic imine (C=N–C) groups is 2. The van der Waals surface area contributed by atoms with Crippen LogP contribution in [0.1, 0.15) is 42.5 Å². The minimum Gasteiger partial charge on any atom is -0.478 e. The summed E-state index contributed by atoms with van der Waals surface area (Å²) in [7, 11) is -3.62. The first-order valence-electron chi connectivity index (χ1n) is 8.21. The zero-order chi connectivity index (χ0) is 19.1. The Bertz CT molecular complexity index is 917. The van der Waals surface area contributed by atoms with Crippen LogP contribution < -0.4 is 16.4 Å². The highest BCUT2D eigenvalue weighted by Gasteiger charge is 2.43. The molecule has 9 nitrogen and oxygen atoms in total. The number of sulfone groups is 1. The van der Waals surface area contributed by atoms with Crippen LogP contribution in [0.4, 0.5) is 5.69 Å². The molecular weight excluding hydrogens is 358 g/mol. The fourth-order valence-corrected chi connectivity index (χ4v) is 4.22. The molecule has 0 unspecified atom stereocenters. The Morgan fingerprint density at radius 1 is 1.19 bits per heavy atom. The lowest BCUT2D eigenvalue weighted by Crippen LogP contribution is -2.58. The Morgan fingerprint density at radius 2 is 1.85 bits per heavy atom. The maximum absolute atomic E-state index is 12.0. The van der Waals surface area contributed by atoms with Gasteiger partial charge in [-0.3, -0.25) is 4.90 Å². The summed E-state index contributed by atoms with van der Waals surface area (Å²) in [5, 5.41) is 9.39. The number of aromatic carboxylic acids is 1. The van der Waals surface area contributed by atoms with Crippen molar-refractivity contribution in [2.75, 3.05) is 11.2 Å². The Kier molecular flexibility index (Phi) is 4.39. The predicted molar refractivity (Wildman–Crippen MR) is 98.1 cm³/mol. The smallest absolute Gasteiger partial charge is 0.335 e. The quantitative estimate of drug-likeness (QED) is 0.705. The number of carboxylic acid groups (broad SMARTS) is 1. The Balaban J connectivity index is 2.21. The van der Waals surface area contributed by atoms with Gasteiger partial charge in [-0.15, -0.1) is 0 Å². The highest BCUT2D eigenvalue weighted by molar-refractivity contribution is 7.90. The van der Waals surface area contributed by atoms with Gasteiger partial charge in [0.05, 0.1) is 10.5 Å². The summed E-state index contributed by atoms with van der Waals surface area (Å²) in [5.74, 6) is -1.09. The first kappa shape index (κ1) is 18.2. The van der Waals surface area contributed by atoms with Crippen LogP contribution in [0.25, 0.3) is 0 Å². The van der Waals surface area contributed by atoms with Crippen molar-refractivity contribution in [3.63, 3.8) is 0 Å². The minimum absolute atomic E-state index is 0.0679. The second-order valence-corrected chi connectivity index (χ2v) is 8.63. The van der Waals surface area contributed by atoms with E-state index in [1.54, 1.807) is 4.90 Å². The van der Waals surface area contributed by atoms with Crippen LogP contribution in [-0.2, 0) is 9.84 Å². The lowest BCUT2D eigenvalue weighted by atomic mass is 9.87. The lowest BCUT2D eigenvalue weighted by molar-refractivity contribution is 0.0696. The first-order chi connectivity index (χ1) is 12.1. The Labute approximate surface area is 151 Å². The molecule has 1 aliphatic heterocycles. The van der Waals surface area contributed by atoms with E-state index in [0.29, 0.717) is 18.5 Å². The summed E-state index contributed by atoms with van der Waals surface area (Å²) in [5.41, 5.74) is 11.3. The second-order valence-electron chi connectivity index (χ2n) is 6.61. The number of carbonyl (C=O) groups is 1. The number of carboxylic acids is 1. The van der Waals surface area contributed by atoms with Gasteiger partial charge in [0, 0.05) is 11.9 Å². The molecule has 0 saturated heterocycles. The summed E-state index contributed by atoms with van der Waals surface area (Å²) in [4.78, 5) is 21.5. The maximum atomic E-state index is 12.0. The third kappa shape index (κ3) is 3.24. The van der Waals surface area contributed by atoms with Crippen molar-refractivity contribution in [2.45, 2.75) is 42.7 Å². The molecule has 10 heteroatoms. The largest absolute Gasteiger partial charge is 0.478 e. The molecule has 1 aromatic carbocycles. The Morgan fingerprint density at radius 3 is 2.42 bits per heavy atom. The average molecular weight is 379 g/mol. The molecule has 26 heavy (non-hydrogen) atoms. The number of nitrogens with zero attached hydrogens (tertiary/aromatic N) is 3. The molecular formula is C16H21N5O4S. The van der Waals surface area contributed by atoms with Gasteiger partial charge in [-0.2, -0.15) is 4.99 Å². The molecule has 0 aromatic heterocycles. The third-order valence-corrected chi connectivity index (χ3v) is 5.77. The molecule has 5 N–H and O–H groups in total. The fraction of sp³-hybridized carbons (Fsp3) is 0.438. The van der Waals surface area contributed by atoms with Crippen LogP contribution in [0.3, 0.4) is 0 Å². The van der Waals surface area contributed by atoms with Gasteiger partial charge in [-0.05, 0) is 43.9 Å². The molecule has 1 saturated carbocycles. The van der Waals surface area contributed by atoms with Crippen molar-refractivity contribution in [2.24, 2.45) is 21.5 Å². The highest BCUT2D eigenvalue weighted by Crippen LogP contribution is 2.40. The normalized spacial score (nSPS) is 19.8. The van der Waals surface area contributed by atoms with Gasteiger partial charge in [-0.1, -0.05) is 6.42 Å². The predicted octanol–water partition coefficient (Wildman–Crippen LogP) is 0.898. The number of guanidine groups is 2. The molecule has 1 aliphatic carbocycles. The van der Waals surface area contributed by atoms with E-state index in [4.69, 9.17) is 11.5 Å². The molecule has 1 heterocycles. The van der Waals surface area contributed by atoms with Crippen LogP contribution in [0, 0.1) is 0 Å². The van der Waals surface area contributed by atoms with Gasteiger partial charge in [0.2, 0.25) is 11.9 Å². The average Bonchev–Trinajstić information content (AvgIpc) is 2.53. The molecule has 140 valence electrons. The fourth-order valence-electron chi connectivity index (χ4n) is 3.54. The van der Waals surface area contributed by atoms with Gasteiger partial charge >= 0.3 is 5.97 Å². The molecule has 0 atom stereocenters. The highest BCUT2D eigenvalue weighted by atomic mass is 32.2. The third-order valence-electron chi connectivity index (χ3n) is 4.68. The summed E-state index contributed by atoms with van der Waals surface area (Å²) in [6.07, 6.45) is 5.20. The van der Waals surface area contributed by atoms with E-state index in [1.165, 1.54) is 12.1 Å². The summed E-state index contributed by atoms with van der Waals surface area (Å²) in [6.45, 7) is 0. The van der Waals surface area contributed by atoms with E-state index in [0.717, 1.165) is 31.6 Å². The van der Waals surface area contributed by atoms with E-state index in [-0.39, 0.29) is 22.4 Å². The topological polar surface area (TPSA) is 151 Å². The van der Waals surface area contributed by atoms with Crippen LogP contribution in [-0.4, -0.2) is 43.3 Å². The zero-order valence-corrected chi connectivity index (χ0v) is 15.2. The van der Waals surface area contributed by atoms with Gasteiger partial charge < -0.3 is 16.6 Å². The van der Waals surface area contributed by atoms with Crippen LogP contribution in [0.5, 0.6) is 0 Å². The number of rotatable bonds is 3. The molecule has 1 fully saturated rings. The van der Waals surface area contributed by atoms with E-state index in [1.807, 2.05) is 0 Å². The monoisotopic (exact) mass is 379 g/mol. The van der Waals surface area contributed by atoms with Crippen LogP contribution in [0.2, 0.25) is 0 Å². The molecule has 2 aliphatic rings. The summed E-state index contributed by atoms with van der Waals surface area (Å²) < 4.78 is 24.0. The van der Waals surface area contributed by atoms with E-state index < -0.39 is 21.5 Å². The molecule has 3 rings (SSSR count). The maximum Gasteiger partial charge on any atom is 0.335 e. The van der Waals surface area contributed by atoms with Crippen molar-refractivity contribution in [1.29, 1.82) is 0 Å². The number of hydrogen-bond acceptors (Lipinski definition) is 8. The van der Waals surface area contributed by atoms with Crippen LogP contribution >= 0.6 is 0 Å². The zero-order valence-electron chi connectivity index (χ0n) is 14.3. The number of hydrogen-bond donors (Lipinski definition) is 3. The van der Waals surface area contributed by atoms with Crippen molar-refractivity contribution in [1.82, 2.24) is 0 Å². The summed E-state index contributed by atoms with van der Waals surface area (Å²) in [6, 6.07) is 3.91. The van der Waals surface area contributed by atoms with Gasteiger partial charge in [0.25, 0.3) is 0 Å². The number of benzene rings is 1. The molecule has 0 bridgehead atoms. The Hall–Kier alpha value is -2.62. The van der Waals surface area contributed by atoms with Crippen molar-refractivity contribution in [3.05, 3.63) is 23.8 Å². The van der Waals surface area contributed by atoms with Crippen molar-refractivity contribution in [3.8, 4) is 0 Å². The second kappa shape index (κ2) is 6.27. The van der Waals surface area contributed by atoms with Gasteiger partial charge in [-0.25, -0.2) is 18.2 Å². The molecule has 1 aromatic rings. The SMILES string of the molecule is CS(=O)(=O)c1cc(C(=O)O)cc(N2C(N)=NC(N)=NC23CCCCC3)c1. The van der Waals surface area contributed by atoms with Crippen molar-refractivity contribution < 1.29 is 18.3 Å². The number of nitrogens with two attached hydrogens (primary N) is 2. The van der Waals surface area contributed by atoms with Crippen molar-refractivity contribution >= 4 is 33.4 Å².